The highest BCUT2D eigenvalue weighted by Crippen LogP contribution is 2.28. The predicted octanol–water partition coefficient (Wildman–Crippen LogP) is 2.98. The number of rotatable bonds is 5. The van der Waals surface area contributed by atoms with E-state index in [1.165, 1.54) is 19.3 Å². The number of pyridine rings is 1. The fraction of sp³-hybridized carbons (Fsp3) is 0.643. The van der Waals surface area contributed by atoms with E-state index in [4.69, 9.17) is 16.3 Å². The number of hydrogen-bond donors (Lipinski definition) is 1. The first kappa shape index (κ1) is 13.6. The van der Waals surface area contributed by atoms with Crippen LogP contribution in [0.5, 0.6) is 5.88 Å². The van der Waals surface area contributed by atoms with E-state index in [0.717, 1.165) is 25.1 Å². The number of nitrogens with one attached hydrogen (secondary N) is 1. The van der Waals surface area contributed by atoms with Crippen molar-refractivity contribution in [3.8, 4) is 5.88 Å². The molecule has 0 radical (unpaired) electrons. The summed E-state index contributed by atoms with van der Waals surface area (Å²) in [5, 5.41) is 3.81. The first-order valence-electron chi connectivity index (χ1n) is 6.64. The topological polar surface area (TPSA) is 34.1 Å². The Kier molecular flexibility index (Phi) is 5.26. The fourth-order valence-electron chi connectivity index (χ4n) is 2.53. The van der Waals surface area contributed by atoms with Crippen LogP contribution in [0.1, 0.15) is 31.2 Å². The van der Waals surface area contributed by atoms with Gasteiger partial charge in [-0.2, -0.15) is 0 Å². The molecule has 2 unspecified atom stereocenters. The van der Waals surface area contributed by atoms with Crippen LogP contribution < -0.4 is 10.1 Å². The van der Waals surface area contributed by atoms with Crippen molar-refractivity contribution in [2.75, 3.05) is 13.7 Å². The zero-order chi connectivity index (χ0) is 12.8. The minimum Gasteiger partial charge on any atom is -0.481 e. The minimum absolute atomic E-state index is 0.335. The van der Waals surface area contributed by atoms with Crippen molar-refractivity contribution in [1.82, 2.24) is 10.3 Å². The van der Waals surface area contributed by atoms with Gasteiger partial charge in [-0.3, -0.25) is 0 Å². The number of methoxy groups -OCH3 is 1. The minimum atomic E-state index is 0.335. The summed E-state index contributed by atoms with van der Waals surface area (Å²) in [5.74, 6) is 1.30. The molecule has 3 nitrogen and oxygen atoms in total. The van der Waals surface area contributed by atoms with E-state index in [0.29, 0.717) is 17.2 Å². The van der Waals surface area contributed by atoms with Gasteiger partial charge in [0.1, 0.15) is 0 Å². The summed E-state index contributed by atoms with van der Waals surface area (Å²) in [6.07, 6.45) is 6.74. The zero-order valence-electron chi connectivity index (χ0n) is 10.9. The third-order valence-electron chi connectivity index (χ3n) is 3.58. The van der Waals surface area contributed by atoms with E-state index >= 15 is 0 Å². The molecular weight excluding hydrogens is 248 g/mol. The molecule has 18 heavy (non-hydrogen) atoms. The molecule has 1 saturated carbocycles. The molecule has 0 bridgehead atoms. The molecule has 1 aromatic heterocycles. The highest BCUT2D eigenvalue weighted by molar-refractivity contribution is 6.20. The third kappa shape index (κ3) is 3.59. The maximum Gasteiger partial charge on any atom is 0.217 e. The van der Waals surface area contributed by atoms with Crippen molar-refractivity contribution in [2.45, 2.75) is 37.6 Å². The predicted molar refractivity (Wildman–Crippen MR) is 74.1 cm³/mol. The molecule has 1 N–H and O–H groups in total. The Morgan fingerprint density at radius 2 is 2.28 bits per heavy atom. The summed E-state index contributed by atoms with van der Waals surface area (Å²) in [6, 6.07) is 3.97. The number of halogens is 1. The average molecular weight is 269 g/mol. The van der Waals surface area contributed by atoms with Crippen molar-refractivity contribution in [1.29, 1.82) is 0 Å². The largest absolute Gasteiger partial charge is 0.481 e. The molecule has 0 spiro atoms. The second-order valence-corrected chi connectivity index (χ2v) is 5.42. The van der Waals surface area contributed by atoms with E-state index in [1.54, 1.807) is 13.3 Å². The highest BCUT2D eigenvalue weighted by Gasteiger charge is 2.22. The van der Waals surface area contributed by atoms with Crippen LogP contribution in [0.4, 0.5) is 0 Å². The Morgan fingerprint density at radius 3 is 3.06 bits per heavy atom. The number of hydrogen-bond acceptors (Lipinski definition) is 3. The van der Waals surface area contributed by atoms with Gasteiger partial charge in [-0.1, -0.05) is 18.9 Å². The van der Waals surface area contributed by atoms with Crippen LogP contribution in [0.25, 0.3) is 0 Å². The van der Waals surface area contributed by atoms with Crippen molar-refractivity contribution in [2.24, 2.45) is 5.92 Å². The molecule has 0 aromatic carbocycles. The van der Waals surface area contributed by atoms with Crippen LogP contribution >= 0.6 is 11.6 Å². The average Bonchev–Trinajstić information content (AvgIpc) is 2.41. The Labute approximate surface area is 114 Å². The van der Waals surface area contributed by atoms with Crippen LogP contribution in [0.2, 0.25) is 0 Å². The molecule has 2 rings (SSSR count). The standard InChI is InChI=1S/C14H21ClN2O/c1-18-14-12(6-4-8-17-14)10-16-9-11-5-2-3-7-13(11)15/h4,6,8,11,13,16H,2-3,5,7,9-10H2,1H3. The lowest BCUT2D eigenvalue weighted by molar-refractivity contribution is 0.345. The lowest BCUT2D eigenvalue weighted by Crippen LogP contribution is -2.31. The van der Waals surface area contributed by atoms with E-state index in [2.05, 4.69) is 10.3 Å². The quantitative estimate of drug-likeness (QED) is 0.834. The molecule has 1 heterocycles. The number of alkyl halides is 1. The number of aromatic nitrogens is 1. The van der Waals surface area contributed by atoms with Gasteiger partial charge in [0.2, 0.25) is 5.88 Å². The smallest absolute Gasteiger partial charge is 0.217 e. The highest BCUT2D eigenvalue weighted by atomic mass is 35.5. The van der Waals surface area contributed by atoms with Crippen LogP contribution in [-0.4, -0.2) is 24.0 Å². The van der Waals surface area contributed by atoms with Crippen LogP contribution in [0, 0.1) is 5.92 Å². The van der Waals surface area contributed by atoms with Crippen molar-refractivity contribution in [3.63, 3.8) is 0 Å². The first-order chi connectivity index (χ1) is 8.81. The van der Waals surface area contributed by atoms with Gasteiger partial charge >= 0.3 is 0 Å². The van der Waals surface area contributed by atoms with E-state index in [-0.39, 0.29) is 0 Å². The fourth-order valence-corrected chi connectivity index (χ4v) is 2.90. The molecule has 4 heteroatoms. The molecule has 1 aliphatic carbocycles. The maximum atomic E-state index is 6.35. The summed E-state index contributed by atoms with van der Waals surface area (Å²) in [6.45, 7) is 1.77. The molecule has 2 atom stereocenters. The van der Waals surface area contributed by atoms with Gasteiger partial charge in [-0.05, 0) is 31.4 Å². The van der Waals surface area contributed by atoms with Gasteiger partial charge in [-0.15, -0.1) is 11.6 Å². The van der Waals surface area contributed by atoms with E-state index in [9.17, 15) is 0 Å². The zero-order valence-corrected chi connectivity index (χ0v) is 11.6. The van der Waals surface area contributed by atoms with E-state index in [1.807, 2.05) is 12.1 Å². The summed E-state index contributed by atoms with van der Waals surface area (Å²) in [7, 11) is 1.65. The van der Waals surface area contributed by atoms with Crippen LogP contribution in [0.3, 0.4) is 0 Å². The molecule has 1 aromatic rings. The Morgan fingerprint density at radius 1 is 1.44 bits per heavy atom. The SMILES string of the molecule is COc1ncccc1CNCC1CCCCC1Cl. The normalized spacial score (nSPS) is 23.9. The van der Waals surface area contributed by atoms with Crippen LogP contribution in [-0.2, 0) is 6.54 Å². The molecular formula is C14H21ClN2O. The van der Waals surface area contributed by atoms with E-state index < -0.39 is 0 Å². The van der Waals surface area contributed by atoms with Gasteiger partial charge in [0.05, 0.1) is 7.11 Å². The van der Waals surface area contributed by atoms with Gasteiger partial charge in [0, 0.05) is 23.7 Å². The van der Waals surface area contributed by atoms with Gasteiger partial charge in [0.15, 0.2) is 0 Å². The first-order valence-corrected chi connectivity index (χ1v) is 7.07. The van der Waals surface area contributed by atoms with Gasteiger partial charge in [0.25, 0.3) is 0 Å². The van der Waals surface area contributed by atoms with Gasteiger partial charge in [-0.25, -0.2) is 4.98 Å². The molecule has 0 amide bonds. The molecule has 0 aliphatic heterocycles. The summed E-state index contributed by atoms with van der Waals surface area (Å²) >= 11 is 6.35. The third-order valence-corrected chi connectivity index (χ3v) is 4.16. The van der Waals surface area contributed by atoms with Crippen molar-refractivity contribution >= 4 is 11.6 Å². The van der Waals surface area contributed by atoms with Crippen molar-refractivity contribution in [3.05, 3.63) is 23.9 Å². The number of nitrogens with zero attached hydrogens (tertiary/aromatic N) is 1. The van der Waals surface area contributed by atoms with Gasteiger partial charge < -0.3 is 10.1 Å². The lowest BCUT2D eigenvalue weighted by atomic mass is 9.89. The second kappa shape index (κ2) is 6.95. The monoisotopic (exact) mass is 268 g/mol. The molecule has 100 valence electrons. The summed E-state index contributed by atoms with van der Waals surface area (Å²) < 4.78 is 5.23. The van der Waals surface area contributed by atoms with Crippen LogP contribution in [0.15, 0.2) is 18.3 Å². The Balaban J connectivity index is 1.80. The maximum absolute atomic E-state index is 6.35. The number of ether oxygens (including phenoxy) is 1. The Hall–Kier alpha value is -0.800. The summed E-state index contributed by atoms with van der Waals surface area (Å²) in [5.41, 5.74) is 1.10. The molecule has 1 fully saturated rings. The van der Waals surface area contributed by atoms with Crippen molar-refractivity contribution < 1.29 is 4.74 Å². The summed E-state index contributed by atoms with van der Waals surface area (Å²) in [4.78, 5) is 4.19. The molecule has 1 aliphatic rings. The molecule has 0 saturated heterocycles. The lowest BCUT2D eigenvalue weighted by Gasteiger charge is -2.27. The Bertz CT molecular complexity index is 373. The second-order valence-electron chi connectivity index (χ2n) is 4.86.